The van der Waals surface area contributed by atoms with E-state index < -0.39 is 11.9 Å². The minimum absolute atomic E-state index is 0.0392. The van der Waals surface area contributed by atoms with E-state index in [4.69, 9.17) is 14.6 Å². The molecule has 2 aromatic carbocycles. The number of anilines is 1. The van der Waals surface area contributed by atoms with Crippen molar-refractivity contribution in [1.29, 1.82) is 0 Å². The van der Waals surface area contributed by atoms with Crippen LogP contribution in [0.15, 0.2) is 48.5 Å². The number of benzene rings is 2. The zero-order valence-electron chi connectivity index (χ0n) is 12.0. The van der Waals surface area contributed by atoms with E-state index in [9.17, 15) is 9.59 Å². The zero-order valence-corrected chi connectivity index (χ0v) is 12.0. The quantitative estimate of drug-likeness (QED) is 0.848. The van der Waals surface area contributed by atoms with Gasteiger partial charge in [-0.05, 0) is 35.9 Å². The smallest absolute Gasteiger partial charge is 0.337 e. The lowest BCUT2D eigenvalue weighted by Gasteiger charge is -2.05. The number of aromatic carboxylic acids is 1. The van der Waals surface area contributed by atoms with Crippen LogP contribution in [-0.2, 0) is 4.79 Å². The highest BCUT2D eigenvalue weighted by atomic mass is 16.7. The second kappa shape index (κ2) is 6.23. The lowest BCUT2D eigenvalue weighted by atomic mass is 10.1. The van der Waals surface area contributed by atoms with Crippen LogP contribution in [0.2, 0.25) is 0 Å². The minimum Gasteiger partial charge on any atom is -0.478 e. The number of ether oxygens (including phenoxy) is 2. The Kier molecular flexibility index (Phi) is 3.97. The van der Waals surface area contributed by atoms with Gasteiger partial charge >= 0.3 is 5.97 Å². The van der Waals surface area contributed by atoms with Gasteiger partial charge in [-0.25, -0.2) is 4.79 Å². The summed E-state index contributed by atoms with van der Waals surface area (Å²) in [7, 11) is 0. The number of para-hydroxylation sites is 1. The molecule has 23 heavy (non-hydrogen) atoms. The van der Waals surface area contributed by atoms with Crippen molar-refractivity contribution in [2.45, 2.75) is 0 Å². The Morgan fingerprint density at radius 2 is 1.87 bits per heavy atom. The number of rotatable bonds is 4. The highest BCUT2D eigenvalue weighted by molar-refractivity contribution is 6.06. The van der Waals surface area contributed by atoms with Crippen LogP contribution in [0.1, 0.15) is 15.9 Å². The van der Waals surface area contributed by atoms with E-state index in [0.717, 1.165) is 5.56 Å². The highest BCUT2D eigenvalue weighted by Gasteiger charge is 2.13. The molecule has 1 heterocycles. The third kappa shape index (κ3) is 3.32. The molecule has 0 aromatic heterocycles. The molecule has 0 saturated heterocycles. The second-order valence-electron chi connectivity index (χ2n) is 4.79. The Labute approximate surface area is 132 Å². The molecule has 1 aliphatic heterocycles. The van der Waals surface area contributed by atoms with Gasteiger partial charge < -0.3 is 19.9 Å². The summed E-state index contributed by atoms with van der Waals surface area (Å²) in [5.74, 6) is -0.220. The number of carboxylic acids is 1. The van der Waals surface area contributed by atoms with Gasteiger partial charge in [-0.3, -0.25) is 4.79 Å². The van der Waals surface area contributed by atoms with Gasteiger partial charge in [0.2, 0.25) is 12.7 Å². The van der Waals surface area contributed by atoms with Gasteiger partial charge in [-0.2, -0.15) is 0 Å². The standard InChI is InChI=1S/C17H13NO5/c19-16(18-13-4-2-1-3-12(13)17(20)21)8-6-11-5-7-14-15(9-11)23-10-22-14/h1-9H,10H2,(H,18,19)(H,20,21). The van der Waals surface area contributed by atoms with Crippen LogP contribution >= 0.6 is 0 Å². The first-order valence-electron chi connectivity index (χ1n) is 6.84. The Morgan fingerprint density at radius 3 is 2.70 bits per heavy atom. The topological polar surface area (TPSA) is 84.9 Å². The van der Waals surface area contributed by atoms with Crippen molar-refractivity contribution in [3.8, 4) is 11.5 Å². The summed E-state index contributed by atoms with van der Waals surface area (Å²) >= 11 is 0. The van der Waals surface area contributed by atoms with Crippen molar-refractivity contribution in [3.05, 3.63) is 59.7 Å². The Morgan fingerprint density at radius 1 is 1.09 bits per heavy atom. The van der Waals surface area contributed by atoms with Crippen molar-refractivity contribution in [2.24, 2.45) is 0 Å². The fraction of sp³-hybridized carbons (Fsp3) is 0.0588. The van der Waals surface area contributed by atoms with Crippen molar-refractivity contribution in [1.82, 2.24) is 0 Å². The van der Waals surface area contributed by atoms with Crippen LogP contribution in [0.3, 0.4) is 0 Å². The molecule has 0 saturated carbocycles. The molecule has 3 rings (SSSR count). The average Bonchev–Trinajstić information content (AvgIpc) is 3.01. The minimum atomic E-state index is -1.10. The van der Waals surface area contributed by atoms with Crippen molar-refractivity contribution >= 4 is 23.6 Å². The molecule has 1 aliphatic rings. The van der Waals surface area contributed by atoms with Gasteiger partial charge in [-0.15, -0.1) is 0 Å². The van der Waals surface area contributed by atoms with E-state index in [1.54, 1.807) is 36.4 Å². The fourth-order valence-electron chi connectivity index (χ4n) is 2.14. The number of carbonyl (C=O) groups excluding carboxylic acids is 1. The van der Waals surface area contributed by atoms with Crippen LogP contribution < -0.4 is 14.8 Å². The van der Waals surface area contributed by atoms with Crippen LogP contribution in [0, 0.1) is 0 Å². The monoisotopic (exact) mass is 311 g/mol. The van der Waals surface area contributed by atoms with E-state index in [-0.39, 0.29) is 18.0 Å². The summed E-state index contributed by atoms with van der Waals surface area (Å²) < 4.78 is 10.5. The first-order valence-corrected chi connectivity index (χ1v) is 6.84. The summed E-state index contributed by atoms with van der Waals surface area (Å²) in [4.78, 5) is 23.0. The first-order chi connectivity index (χ1) is 11.1. The van der Waals surface area contributed by atoms with Gasteiger partial charge in [-0.1, -0.05) is 18.2 Å². The summed E-state index contributed by atoms with van der Waals surface area (Å²) in [5, 5.41) is 11.6. The number of hydrogen-bond donors (Lipinski definition) is 2. The molecule has 2 N–H and O–H groups in total. The predicted molar refractivity (Wildman–Crippen MR) is 83.6 cm³/mol. The highest BCUT2D eigenvalue weighted by Crippen LogP contribution is 2.32. The molecular weight excluding hydrogens is 298 g/mol. The van der Waals surface area contributed by atoms with Gasteiger partial charge in [0.25, 0.3) is 0 Å². The third-order valence-electron chi connectivity index (χ3n) is 3.24. The number of amides is 1. The summed E-state index contributed by atoms with van der Waals surface area (Å²) in [6.45, 7) is 0.189. The van der Waals surface area contributed by atoms with E-state index >= 15 is 0 Å². The lowest BCUT2D eigenvalue weighted by Crippen LogP contribution is -2.11. The molecule has 0 atom stereocenters. The Bertz CT molecular complexity index is 797. The molecule has 0 unspecified atom stereocenters. The molecule has 116 valence electrons. The molecule has 6 nitrogen and oxygen atoms in total. The van der Waals surface area contributed by atoms with E-state index in [0.29, 0.717) is 11.5 Å². The molecule has 0 radical (unpaired) electrons. The van der Waals surface area contributed by atoms with E-state index in [1.165, 1.54) is 18.2 Å². The summed E-state index contributed by atoms with van der Waals surface area (Å²) in [5.41, 5.74) is 1.06. The largest absolute Gasteiger partial charge is 0.478 e. The maximum atomic E-state index is 11.9. The summed E-state index contributed by atoms with van der Waals surface area (Å²) in [6.07, 6.45) is 2.94. The lowest BCUT2D eigenvalue weighted by molar-refractivity contribution is -0.111. The van der Waals surface area contributed by atoms with Crippen LogP contribution in [0.25, 0.3) is 6.08 Å². The molecule has 0 bridgehead atoms. The molecule has 6 heteroatoms. The Hall–Kier alpha value is -3.28. The molecular formula is C17H13NO5. The summed E-state index contributed by atoms with van der Waals surface area (Å²) in [6, 6.07) is 11.5. The van der Waals surface area contributed by atoms with Gasteiger partial charge in [0.15, 0.2) is 11.5 Å². The van der Waals surface area contributed by atoms with Crippen molar-refractivity contribution in [3.63, 3.8) is 0 Å². The molecule has 2 aromatic rings. The average molecular weight is 311 g/mol. The third-order valence-corrected chi connectivity index (χ3v) is 3.24. The Balaban J connectivity index is 1.71. The normalized spacial score (nSPS) is 12.3. The van der Waals surface area contributed by atoms with Gasteiger partial charge in [0, 0.05) is 6.08 Å². The van der Waals surface area contributed by atoms with Gasteiger partial charge in [0.05, 0.1) is 11.3 Å². The number of hydrogen-bond acceptors (Lipinski definition) is 4. The number of fused-ring (bicyclic) bond motifs is 1. The molecule has 0 aliphatic carbocycles. The maximum absolute atomic E-state index is 11.9. The first kappa shape index (κ1) is 14.6. The van der Waals surface area contributed by atoms with Crippen LogP contribution in [0.5, 0.6) is 11.5 Å². The molecule has 0 fully saturated rings. The van der Waals surface area contributed by atoms with Gasteiger partial charge in [0.1, 0.15) is 0 Å². The van der Waals surface area contributed by atoms with Crippen LogP contribution in [0.4, 0.5) is 5.69 Å². The van der Waals surface area contributed by atoms with E-state index in [1.807, 2.05) is 0 Å². The number of nitrogens with one attached hydrogen (secondary N) is 1. The van der Waals surface area contributed by atoms with Crippen molar-refractivity contribution < 1.29 is 24.2 Å². The molecule has 0 spiro atoms. The zero-order chi connectivity index (χ0) is 16.2. The van der Waals surface area contributed by atoms with Crippen molar-refractivity contribution in [2.75, 3.05) is 12.1 Å². The second-order valence-corrected chi connectivity index (χ2v) is 4.79. The fourth-order valence-corrected chi connectivity index (χ4v) is 2.14. The maximum Gasteiger partial charge on any atom is 0.337 e. The number of carboxylic acid groups (broad SMARTS) is 1. The molecule has 1 amide bonds. The number of carbonyl (C=O) groups is 2. The van der Waals surface area contributed by atoms with Crippen LogP contribution in [-0.4, -0.2) is 23.8 Å². The SMILES string of the molecule is O=C(C=Cc1ccc2c(c1)OCO2)Nc1ccccc1C(=O)O. The van der Waals surface area contributed by atoms with E-state index in [2.05, 4.69) is 5.32 Å². The predicted octanol–water partition coefficient (Wildman–Crippen LogP) is 2.77.